The van der Waals surface area contributed by atoms with Gasteiger partial charge in [0.2, 0.25) is 5.91 Å². The molecule has 2 aromatic carbocycles. The maximum absolute atomic E-state index is 12.2. The molecule has 1 N–H and O–H groups in total. The van der Waals surface area contributed by atoms with Crippen LogP contribution in [0.25, 0.3) is 0 Å². The molecule has 2 nitrogen and oxygen atoms in total. The molecule has 0 fully saturated rings. The van der Waals surface area contributed by atoms with Crippen molar-refractivity contribution in [1.29, 1.82) is 0 Å². The molecule has 1 aliphatic heterocycles. The number of carbonyl (C=O) groups is 1. The lowest BCUT2D eigenvalue weighted by Gasteiger charge is -2.12. The van der Waals surface area contributed by atoms with Gasteiger partial charge < -0.3 is 5.32 Å². The Balaban J connectivity index is 2.17. The second kappa shape index (κ2) is 5.12. The van der Waals surface area contributed by atoms with E-state index in [0.717, 1.165) is 5.56 Å². The Kier molecular flexibility index (Phi) is 3.59. The van der Waals surface area contributed by atoms with Gasteiger partial charge in [-0.1, -0.05) is 52.5 Å². The predicted molar refractivity (Wildman–Crippen MR) is 83.4 cm³/mol. The van der Waals surface area contributed by atoms with E-state index in [4.69, 9.17) is 46.4 Å². The van der Waals surface area contributed by atoms with Gasteiger partial charge in [-0.15, -0.1) is 0 Å². The highest BCUT2D eigenvalue weighted by atomic mass is 35.5. The van der Waals surface area contributed by atoms with Crippen LogP contribution in [0.5, 0.6) is 0 Å². The molecule has 3 rings (SSSR count). The Hall–Kier alpha value is -0.930. The van der Waals surface area contributed by atoms with Crippen LogP contribution < -0.4 is 5.32 Å². The fourth-order valence-corrected chi connectivity index (χ4v) is 3.24. The van der Waals surface area contributed by atoms with Crippen molar-refractivity contribution in [2.75, 3.05) is 5.32 Å². The molecular formula is C14H7Cl4NO. The van der Waals surface area contributed by atoms with E-state index in [2.05, 4.69) is 5.32 Å². The number of hydrogen-bond donors (Lipinski definition) is 1. The Morgan fingerprint density at radius 2 is 1.65 bits per heavy atom. The van der Waals surface area contributed by atoms with Crippen molar-refractivity contribution >= 4 is 58.0 Å². The van der Waals surface area contributed by atoms with Crippen molar-refractivity contribution in [3.63, 3.8) is 0 Å². The lowest BCUT2D eigenvalue weighted by Crippen LogP contribution is -2.13. The molecule has 1 unspecified atom stereocenters. The number of carbonyl (C=O) groups excluding carboxylic acids is 1. The normalized spacial score (nSPS) is 17.0. The van der Waals surface area contributed by atoms with Crippen LogP contribution >= 0.6 is 46.4 Å². The fraction of sp³-hybridized carbons (Fsp3) is 0.0714. The first-order valence-electron chi connectivity index (χ1n) is 5.72. The first-order chi connectivity index (χ1) is 9.47. The molecule has 20 heavy (non-hydrogen) atoms. The van der Waals surface area contributed by atoms with Gasteiger partial charge in [0.05, 0.1) is 16.0 Å². The molecule has 1 atom stereocenters. The quantitative estimate of drug-likeness (QED) is 0.737. The Bertz CT molecular complexity index is 729. The summed E-state index contributed by atoms with van der Waals surface area (Å²) in [5, 5.41) is 4.54. The Labute approximate surface area is 135 Å². The van der Waals surface area contributed by atoms with E-state index >= 15 is 0 Å². The van der Waals surface area contributed by atoms with Gasteiger partial charge in [-0.3, -0.25) is 4.79 Å². The van der Waals surface area contributed by atoms with Crippen LogP contribution in [0, 0.1) is 0 Å². The summed E-state index contributed by atoms with van der Waals surface area (Å²) in [5.41, 5.74) is 2.07. The summed E-state index contributed by atoms with van der Waals surface area (Å²) in [5.74, 6) is -0.674. The van der Waals surface area contributed by atoms with E-state index in [9.17, 15) is 4.79 Å². The number of halogens is 4. The highest BCUT2D eigenvalue weighted by Gasteiger charge is 2.34. The summed E-state index contributed by atoms with van der Waals surface area (Å²) in [6, 6.07) is 8.39. The molecule has 0 bridgehead atoms. The maximum Gasteiger partial charge on any atom is 0.236 e. The summed E-state index contributed by atoms with van der Waals surface area (Å²) >= 11 is 24.1. The fourth-order valence-electron chi connectivity index (χ4n) is 2.33. The van der Waals surface area contributed by atoms with Crippen LogP contribution in [0.15, 0.2) is 30.3 Å². The minimum absolute atomic E-state index is 0.164. The van der Waals surface area contributed by atoms with E-state index in [1.807, 2.05) is 0 Å². The molecule has 1 heterocycles. The molecule has 1 aliphatic rings. The molecule has 2 aromatic rings. The smallest absolute Gasteiger partial charge is 0.236 e. The lowest BCUT2D eigenvalue weighted by atomic mass is 9.92. The average Bonchev–Trinajstić information content (AvgIpc) is 2.69. The highest BCUT2D eigenvalue weighted by molar-refractivity contribution is 6.42. The monoisotopic (exact) mass is 345 g/mol. The van der Waals surface area contributed by atoms with Gasteiger partial charge in [-0.2, -0.15) is 0 Å². The largest absolute Gasteiger partial charge is 0.325 e. The molecule has 0 saturated carbocycles. The number of benzene rings is 2. The summed E-state index contributed by atoms with van der Waals surface area (Å²) in [4.78, 5) is 12.2. The maximum atomic E-state index is 12.2. The minimum Gasteiger partial charge on any atom is -0.325 e. The molecule has 6 heteroatoms. The number of hydrogen-bond acceptors (Lipinski definition) is 1. The van der Waals surface area contributed by atoms with Crippen molar-refractivity contribution in [3.8, 4) is 0 Å². The third kappa shape index (κ3) is 2.27. The Morgan fingerprint density at radius 1 is 0.900 bits per heavy atom. The van der Waals surface area contributed by atoms with E-state index in [1.165, 1.54) is 0 Å². The summed E-state index contributed by atoms with van der Waals surface area (Å²) in [7, 11) is 0. The van der Waals surface area contributed by atoms with Gasteiger partial charge in [0.1, 0.15) is 0 Å². The van der Waals surface area contributed by atoms with Gasteiger partial charge in [0.25, 0.3) is 0 Å². The standard InChI is InChI=1S/C14H7Cl4NO/c15-7-4-10(18)13-11(5-7)19-14(20)12(13)6-1-2-8(16)9(17)3-6/h1-5,12H,(H,19,20). The molecule has 0 aliphatic carbocycles. The molecule has 0 aromatic heterocycles. The zero-order valence-corrected chi connectivity index (χ0v) is 12.9. The van der Waals surface area contributed by atoms with Gasteiger partial charge in [-0.05, 0) is 29.8 Å². The molecule has 0 saturated heterocycles. The van der Waals surface area contributed by atoms with Gasteiger partial charge >= 0.3 is 0 Å². The second-order valence-corrected chi connectivity index (χ2v) is 6.10. The zero-order chi connectivity index (χ0) is 14.4. The molecule has 0 spiro atoms. The van der Waals surface area contributed by atoms with Crippen LogP contribution in [0.4, 0.5) is 5.69 Å². The van der Waals surface area contributed by atoms with Crippen LogP contribution in [0.3, 0.4) is 0 Å². The SMILES string of the molecule is O=C1Nc2cc(Cl)cc(Cl)c2C1c1ccc(Cl)c(Cl)c1. The third-order valence-electron chi connectivity index (χ3n) is 3.18. The van der Waals surface area contributed by atoms with Crippen LogP contribution in [-0.4, -0.2) is 5.91 Å². The van der Waals surface area contributed by atoms with Crippen molar-refractivity contribution < 1.29 is 4.79 Å². The van der Waals surface area contributed by atoms with Crippen molar-refractivity contribution in [2.45, 2.75) is 5.92 Å². The summed E-state index contributed by atoms with van der Waals surface area (Å²) in [6.45, 7) is 0. The minimum atomic E-state index is -0.510. The summed E-state index contributed by atoms with van der Waals surface area (Å²) < 4.78 is 0. The lowest BCUT2D eigenvalue weighted by molar-refractivity contribution is -0.116. The topological polar surface area (TPSA) is 29.1 Å². The number of fused-ring (bicyclic) bond motifs is 1. The molecule has 0 radical (unpaired) electrons. The van der Waals surface area contributed by atoms with E-state index in [-0.39, 0.29) is 5.91 Å². The second-order valence-electron chi connectivity index (χ2n) is 4.44. The van der Waals surface area contributed by atoms with Gasteiger partial charge in [-0.25, -0.2) is 0 Å². The van der Waals surface area contributed by atoms with Crippen molar-refractivity contribution in [1.82, 2.24) is 0 Å². The van der Waals surface area contributed by atoms with Crippen molar-refractivity contribution in [3.05, 3.63) is 61.5 Å². The average molecular weight is 347 g/mol. The first-order valence-corrected chi connectivity index (χ1v) is 7.23. The predicted octanol–water partition coefficient (Wildman–Crippen LogP) is 5.38. The molecule has 102 valence electrons. The van der Waals surface area contributed by atoms with E-state index in [0.29, 0.717) is 31.3 Å². The van der Waals surface area contributed by atoms with Crippen LogP contribution in [-0.2, 0) is 4.79 Å². The highest BCUT2D eigenvalue weighted by Crippen LogP contribution is 2.43. The first kappa shape index (κ1) is 14.0. The number of rotatable bonds is 1. The van der Waals surface area contributed by atoms with E-state index in [1.54, 1.807) is 30.3 Å². The van der Waals surface area contributed by atoms with E-state index < -0.39 is 5.92 Å². The number of nitrogens with one attached hydrogen (secondary N) is 1. The number of anilines is 1. The van der Waals surface area contributed by atoms with Gasteiger partial charge in [0, 0.05) is 21.3 Å². The van der Waals surface area contributed by atoms with Crippen molar-refractivity contribution in [2.24, 2.45) is 0 Å². The Morgan fingerprint density at radius 3 is 2.35 bits per heavy atom. The zero-order valence-electron chi connectivity index (χ0n) is 9.88. The molecule has 1 amide bonds. The molecular weight excluding hydrogens is 340 g/mol. The number of amides is 1. The third-order valence-corrected chi connectivity index (χ3v) is 4.45. The van der Waals surface area contributed by atoms with Crippen LogP contribution in [0.1, 0.15) is 17.0 Å². The summed E-state index contributed by atoms with van der Waals surface area (Å²) in [6.07, 6.45) is 0. The van der Waals surface area contributed by atoms with Gasteiger partial charge in [0.15, 0.2) is 0 Å². The van der Waals surface area contributed by atoms with Crippen LogP contribution in [0.2, 0.25) is 20.1 Å².